The van der Waals surface area contributed by atoms with Gasteiger partial charge in [-0.15, -0.1) is 0 Å². The molecule has 3 aliphatic rings. The third-order valence-corrected chi connectivity index (χ3v) is 7.77. The van der Waals surface area contributed by atoms with Crippen molar-refractivity contribution in [1.29, 1.82) is 0 Å². The largest absolute Gasteiger partial charge is 0.493 e. The van der Waals surface area contributed by atoms with Gasteiger partial charge in [-0.3, -0.25) is 19.5 Å². The van der Waals surface area contributed by atoms with E-state index in [4.69, 9.17) is 26.2 Å². The topological polar surface area (TPSA) is 83.5 Å². The highest BCUT2D eigenvalue weighted by Crippen LogP contribution is 2.40. The normalized spacial score (nSPS) is 18.6. The summed E-state index contributed by atoms with van der Waals surface area (Å²) in [6, 6.07) is 17.5. The van der Waals surface area contributed by atoms with Crippen molar-refractivity contribution in [2.75, 3.05) is 30.5 Å². The number of halogens is 1. The summed E-state index contributed by atoms with van der Waals surface area (Å²) in [4.78, 5) is 29.0. The van der Waals surface area contributed by atoms with Gasteiger partial charge in [-0.25, -0.2) is 0 Å². The Morgan fingerprint density at radius 3 is 2.73 bits per heavy atom. The zero-order valence-corrected chi connectivity index (χ0v) is 23.1. The molecule has 2 amide bonds. The lowest BCUT2D eigenvalue weighted by atomic mass is 10.0. The fourth-order valence-corrected chi connectivity index (χ4v) is 5.37. The summed E-state index contributed by atoms with van der Waals surface area (Å²) < 4.78 is 11.5. The summed E-state index contributed by atoms with van der Waals surface area (Å²) in [6.45, 7) is 1.33. The number of ether oxygens (including phenoxy) is 2. The first-order chi connectivity index (χ1) is 19.5. The van der Waals surface area contributed by atoms with E-state index in [2.05, 4.69) is 5.32 Å². The summed E-state index contributed by atoms with van der Waals surface area (Å²) in [5.41, 5.74) is 2.89. The highest BCUT2D eigenvalue weighted by molar-refractivity contribution is 6.31. The first-order valence-corrected chi connectivity index (χ1v) is 14.0. The Bertz CT molecular complexity index is 1470. The first-order valence-electron chi connectivity index (χ1n) is 13.7. The van der Waals surface area contributed by atoms with Crippen LogP contribution in [0.25, 0.3) is 0 Å². The number of fused-ring (bicyclic) bond motifs is 2. The number of methoxy groups -OCH3 is 1. The lowest BCUT2D eigenvalue weighted by Gasteiger charge is -2.36. The lowest BCUT2D eigenvalue weighted by Crippen LogP contribution is -2.47. The molecule has 0 radical (unpaired) electrons. The summed E-state index contributed by atoms with van der Waals surface area (Å²) in [5, 5.41) is 10.0. The molecule has 1 aliphatic carbocycles. The predicted octanol–water partition coefficient (Wildman–Crippen LogP) is 6.26. The van der Waals surface area contributed by atoms with Gasteiger partial charge in [-0.05, 0) is 92.1 Å². The van der Waals surface area contributed by atoms with Crippen LogP contribution in [0.4, 0.5) is 17.1 Å². The second-order valence-corrected chi connectivity index (χ2v) is 10.8. The molecule has 40 heavy (non-hydrogen) atoms. The van der Waals surface area contributed by atoms with Gasteiger partial charge in [0.2, 0.25) is 0 Å². The molecule has 1 unspecified atom stereocenters. The molecule has 1 N–H and O–H groups in total. The number of nitrogens with one attached hydrogen (secondary N) is 1. The molecule has 1 saturated heterocycles. The van der Waals surface area contributed by atoms with Gasteiger partial charge in [0.25, 0.3) is 11.8 Å². The van der Waals surface area contributed by atoms with Crippen molar-refractivity contribution in [3.05, 3.63) is 76.8 Å². The van der Waals surface area contributed by atoms with Gasteiger partial charge < -0.3 is 14.8 Å². The molecule has 206 valence electrons. The van der Waals surface area contributed by atoms with Crippen LogP contribution in [0.2, 0.25) is 5.02 Å². The van der Waals surface area contributed by atoms with Crippen LogP contribution in [0.15, 0.2) is 65.8 Å². The second kappa shape index (κ2) is 11.2. The predicted molar refractivity (Wildman–Crippen MR) is 156 cm³/mol. The number of carbonyl (C=O) groups excluding carboxylic acids is 2. The van der Waals surface area contributed by atoms with E-state index in [1.165, 1.54) is 12.8 Å². The Morgan fingerprint density at radius 1 is 1.05 bits per heavy atom. The Kier molecular flexibility index (Phi) is 7.34. The molecular weight excluding hydrogens is 528 g/mol. The Labute approximate surface area is 238 Å². The van der Waals surface area contributed by atoms with E-state index in [9.17, 15) is 9.59 Å². The number of para-hydroxylation sites is 1. The van der Waals surface area contributed by atoms with Crippen LogP contribution in [0.1, 0.15) is 48.0 Å². The van der Waals surface area contributed by atoms with Gasteiger partial charge in [0.1, 0.15) is 6.04 Å². The van der Waals surface area contributed by atoms with E-state index >= 15 is 0 Å². The Hall–Kier alpha value is -4.04. The minimum atomic E-state index is -0.501. The maximum atomic E-state index is 14.3. The minimum Gasteiger partial charge on any atom is -0.493 e. The highest BCUT2D eigenvalue weighted by Gasteiger charge is 2.37. The molecule has 1 saturated carbocycles. The average Bonchev–Trinajstić information content (AvgIpc) is 3.82. The molecule has 3 aromatic carbocycles. The van der Waals surface area contributed by atoms with Crippen molar-refractivity contribution in [2.24, 2.45) is 11.0 Å². The lowest BCUT2D eigenvalue weighted by molar-refractivity contribution is -0.124. The fraction of sp³-hybridized carbons (Fsp3) is 0.323. The smallest absolute Gasteiger partial charge is 0.257 e. The van der Waals surface area contributed by atoms with Crippen molar-refractivity contribution in [2.45, 2.75) is 38.1 Å². The zero-order chi connectivity index (χ0) is 27.6. The van der Waals surface area contributed by atoms with E-state index in [0.717, 1.165) is 18.4 Å². The van der Waals surface area contributed by atoms with Crippen LogP contribution in [-0.4, -0.2) is 49.3 Å². The summed E-state index contributed by atoms with van der Waals surface area (Å²) in [5.74, 6) is 1.57. The maximum absolute atomic E-state index is 14.3. The quantitative estimate of drug-likeness (QED) is 0.346. The van der Waals surface area contributed by atoms with E-state index in [1.807, 2.05) is 29.3 Å². The molecule has 0 aromatic heterocycles. The number of piperidine rings is 1. The fourth-order valence-electron chi connectivity index (χ4n) is 5.19. The standard InChI is InChI=1S/C31H31ClN4O4/c1-39-28-14-11-21(16-29(28)40-19-20-9-10-20)18-33-35-15-5-4-8-27(35)31(38)36-25-7-3-2-6-23(25)30(37)34-24-17-22(32)12-13-26(24)36/h2-3,6-7,11-14,16-18,20,27H,4-5,8-10,15,19H2,1H3,(H,34,37)/b33-18+. The molecule has 0 spiro atoms. The second-order valence-electron chi connectivity index (χ2n) is 10.4. The van der Waals surface area contributed by atoms with E-state index in [-0.39, 0.29) is 11.8 Å². The summed E-state index contributed by atoms with van der Waals surface area (Å²) in [7, 11) is 1.63. The van der Waals surface area contributed by atoms with Crippen molar-refractivity contribution >= 4 is 46.7 Å². The molecule has 1 atom stereocenters. The molecule has 0 bridgehead atoms. The zero-order valence-electron chi connectivity index (χ0n) is 22.3. The average molecular weight is 559 g/mol. The highest BCUT2D eigenvalue weighted by atomic mass is 35.5. The molecule has 2 aliphatic heterocycles. The number of benzene rings is 3. The molecule has 2 heterocycles. The van der Waals surface area contributed by atoms with E-state index < -0.39 is 6.04 Å². The van der Waals surface area contributed by atoms with Crippen molar-refractivity contribution in [3.63, 3.8) is 0 Å². The maximum Gasteiger partial charge on any atom is 0.257 e. The van der Waals surface area contributed by atoms with Gasteiger partial charge >= 0.3 is 0 Å². The van der Waals surface area contributed by atoms with Crippen LogP contribution < -0.4 is 19.7 Å². The van der Waals surface area contributed by atoms with Crippen LogP contribution in [0, 0.1) is 5.92 Å². The molecule has 8 nitrogen and oxygen atoms in total. The number of nitrogens with zero attached hydrogens (tertiary/aromatic N) is 3. The van der Waals surface area contributed by atoms with Gasteiger partial charge in [0, 0.05) is 11.6 Å². The number of carbonyl (C=O) groups is 2. The molecular formula is C31H31ClN4O4. The van der Waals surface area contributed by atoms with Crippen LogP contribution >= 0.6 is 11.6 Å². The number of amides is 2. The van der Waals surface area contributed by atoms with Gasteiger partial charge in [-0.2, -0.15) is 5.10 Å². The molecule has 6 rings (SSSR count). The van der Waals surface area contributed by atoms with Crippen molar-refractivity contribution < 1.29 is 19.1 Å². The monoisotopic (exact) mass is 558 g/mol. The third kappa shape index (κ3) is 5.36. The third-order valence-electron chi connectivity index (χ3n) is 7.53. The SMILES string of the molecule is COc1ccc(/C=N/N2CCCCC2C(=O)N2c3ccc(Cl)cc3NC(=O)c3ccccc32)cc1OCC1CC1. The number of anilines is 3. The van der Waals surface area contributed by atoms with Crippen LogP contribution in [0.5, 0.6) is 11.5 Å². The summed E-state index contributed by atoms with van der Waals surface area (Å²) in [6.07, 6.45) is 6.67. The summed E-state index contributed by atoms with van der Waals surface area (Å²) >= 11 is 6.26. The molecule has 2 fully saturated rings. The number of hydrazone groups is 1. The van der Waals surface area contributed by atoms with Crippen molar-refractivity contribution in [3.8, 4) is 11.5 Å². The van der Waals surface area contributed by atoms with Crippen LogP contribution in [-0.2, 0) is 4.79 Å². The number of rotatable bonds is 7. The minimum absolute atomic E-state index is 0.146. The van der Waals surface area contributed by atoms with Crippen molar-refractivity contribution in [1.82, 2.24) is 5.01 Å². The van der Waals surface area contributed by atoms with Gasteiger partial charge in [-0.1, -0.05) is 23.7 Å². The van der Waals surface area contributed by atoms with E-state index in [0.29, 0.717) is 64.6 Å². The van der Waals surface area contributed by atoms with E-state index in [1.54, 1.807) is 54.6 Å². The van der Waals surface area contributed by atoms with Gasteiger partial charge in [0.05, 0.1) is 42.6 Å². The number of hydrogen-bond acceptors (Lipinski definition) is 6. The number of hydrogen-bond donors (Lipinski definition) is 1. The van der Waals surface area contributed by atoms with Gasteiger partial charge in [0.15, 0.2) is 11.5 Å². The Morgan fingerprint density at radius 2 is 1.90 bits per heavy atom. The first kappa shape index (κ1) is 26.2. The Balaban J connectivity index is 1.31. The molecule has 3 aromatic rings. The molecule has 9 heteroatoms. The van der Waals surface area contributed by atoms with Crippen LogP contribution in [0.3, 0.4) is 0 Å².